The van der Waals surface area contributed by atoms with E-state index in [2.05, 4.69) is 81.6 Å². The lowest BCUT2D eigenvalue weighted by Gasteiger charge is -2.17. The second kappa shape index (κ2) is 7.65. The van der Waals surface area contributed by atoms with Gasteiger partial charge in [0.2, 0.25) is 0 Å². The normalized spacial score (nSPS) is 12.4. The Balaban J connectivity index is 2.22. The summed E-state index contributed by atoms with van der Waals surface area (Å²) in [5.41, 5.74) is 1.79. The first-order chi connectivity index (χ1) is 13.0. The third-order valence-electron chi connectivity index (χ3n) is 4.57. The summed E-state index contributed by atoms with van der Waals surface area (Å²) in [6, 6.07) is 20.4. The molecular weight excluding hydrogens is 584 g/mol. The molecule has 0 amide bonds. The maximum absolute atomic E-state index is 12.4. The van der Waals surface area contributed by atoms with Crippen molar-refractivity contribution in [2.45, 2.75) is 4.90 Å². The molecule has 0 aliphatic heterocycles. The fraction of sp³-hybridized carbons (Fsp3) is 0.0476. The van der Waals surface area contributed by atoms with Gasteiger partial charge in [-0.3, -0.25) is 0 Å². The second-order valence-electron chi connectivity index (χ2n) is 6.11. The van der Waals surface area contributed by atoms with Crippen LogP contribution in [-0.2, 0) is 11.0 Å². The molecular formula is C21H15I2NO2S. The van der Waals surface area contributed by atoms with Crippen molar-refractivity contribution in [3.63, 3.8) is 0 Å². The monoisotopic (exact) mass is 599 g/mol. The van der Waals surface area contributed by atoms with Crippen LogP contribution in [0, 0.1) is 7.14 Å². The van der Waals surface area contributed by atoms with E-state index in [1.165, 1.54) is 0 Å². The molecule has 0 bridgehead atoms. The van der Waals surface area contributed by atoms with Crippen LogP contribution in [0.15, 0.2) is 65.6 Å². The predicted octanol–water partition coefficient (Wildman–Crippen LogP) is 5.86. The van der Waals surface area contributed by atoms with Gasteiger partial charge in [-0.15, -0.1) is 0 Å². The number of rotatable bonds is 3. The first-order valence-corrected chi connectivity index (χ1v) is 11.5. The van der Waals surface area contributed by atoms with E-state index in [4.69, 9.17) is 9.88 Å². The Morgan fingerprint density at radius 2 is 1.37 bits per heavy atom. The highest BCUT2D eigenvalue weighted by Crippen LogP contribution is 2.43. The summed E-state index contributed by atoms with van der Waals surface area (Å²) < 4.78 is 20.4. The van der Waals surface area contributed by atoms with Crippen LogP contribution >= 0.6 is 45.2 Å². The first-order valence-electron chi connectivity index (χ1n) is 8.14. The van der Waals surface area contributed by atoms with Crippen molar-refractivity contribution in [2.75, 3.05) is 7.11 Å². The molecule has 1 atom stereocenters. The SMILES string of the molecule is COc1ccc2cc(I)ccc2c1-c1c(S(N)=O)ccc2cc(I)ccc12. The Kier molecular flexibility index (Phi) is 5.41. The molecule has 0 radical (unpaired) electrons. The van der Waals surface area contributed by atoms with E-state index in [1.54, 1.807) is 7.11 Å². The summed E-state index contributed by atoms with van der Waals surface area (Å²) >= 11 is 4.60. The number of fused-ring (bicyclic) bond motifs is 2. The summed E-state index contributed by atoms with van der Waals surface area (Å²) in [6.45, 7) is 0. The summed E-state index contributed by atoms with van der Waals surface area (Å²) in [5, 5.41) is 10.1. The highest BCUT2D eigenvalue weighted by molar-refractivity contribution is 14.1. The molecule has 4 aromatic rings. The summed E-state index contributed by atoms with van der Waals surface area (Å²) in [6.07, 6.45) is 0. The van der Waals surface area contributed by atoms with Crippen molar-refractivity contribution >= 4 is 77.7 Å². The predicted molar refractivity (Wildman–Crippen MR) is 129 cm³/mol. The lowest BCUT2D eigenvalue weighted by atomic mass is 9.93. The zero-order chi connectivity index (χ0) is 19.1. The standard InChI is InChI=1S/C21H15I2NO2S/c1-26-18-8-2-12-10-14(22)4-6-16(12)20(18)21-17-7-5-15(23)11-13(17)3-9-19(21)27(24)25/h2-11H,24H2,1H3. The van der Waals surface area contributed by atoms with Crippen LogP contribution < -0.4 is 9.88 Å². The van der Waals surface area contributed by atoms with Crippen LogP contribution in [0.2, 0.25) is 0 Å². The van der Waals surface area contributed by atoms with Crippen molar-refractivity contribution in [1.82, 2.24) is 0 Å². The highest BCUT2D eigenvalue weighted by atomic mass is 127. The van der Waals surface area contributed by atoms with Gasteiger partial charge in [0.05, 0.1) is 12.0 Å². The van der Waals surface area contributed by atoms with Gasteiger partial charge in [0.15, 0.2) is 0 Å². The van der Waals surface area contributed by atoms with E-state index in [0.29, 0.717) is 4.90 Å². The molecule has 6 heteroatoms. The minimum absolute atomic E-state index is 0.605. The minimum Gasteiger partial charge on any atom is -0.496 e. The number of hydrogen-bond donors (Lipinski definition) is 1. The van der Waals surface area contributed by atoms with Crippen LogP contribution in [0.3, 0.4) is 0 Å². The molecule has 0 heterocycles. The summed E-state index contributed by atoms with van der Waals surface area (Å²) in [7, 11) is 0.0384. The molecule has 4 aromatic carbocycles. The molecule has 3 nitrogen and oxygen atoms in total. The summed E-state index contributed by atoms with van der Waals surface area (Å²) in [5.74, 6) is 0.737. The molecule has 0 aliphatic carbocycles. The molecule has 0 spiro atoms. The molecule has 0 fully saturated rings. The largest absolute Gasteiger partial charge is 0.496 e. The van der Waals surface area contributed by atoms with Gasteiger partial charge in [0.1, 0.15) is 16.7 Å². The van der Waals surface area contributed by atoms with Crippen LogP contribution in [0.1, 0.15) is 0 Å². The van der Waals surface area contributed by atoms with Crippen molar-refractivity contribution in [3.05, 3.63) is 67.8 Å². The summed E-state index contributed by atoms with van der Waals surface area (Å²) in [4.78, 5) is 0.605. The average molecular weight is 599 g/mol. The van der Waals surface area contributed by atoms with E-state index in [1.807, 2.05) is 24.3 Å². The second-order valence-corrected chi connectivity index (χ2v) is 9.64. The fourth-order valence-corrected chi connectivity index (χ4v) is 5.06. The van der Waals surface area contributed by atoms with Crippen LogP contribution in [0.25, 0.3) is 32.7 Å². The Morgan fingerprint density at radius 1 is 0.815 bits per heavy atom. The maximum atomic E-state index is 12.4. The van der Waals surface area contributed by atoms with Crippen molar-refractivity contribution in [1.29, 1.82) is 0 Å². The van der Waals surface area contributed by atoms with Gasteiger partial charge < -0.3 is 4.74 Å². The maximum Gasteiger partial charge on any atom is 0.127 e. The Bertz CT molecular complexity index is 1220. The molecule has 136 valence electrons. The molecule has 1 unspecified atom stereocenters. The Labute approximate surface area is 187 Å². The number of methoxy groups -OCH3 is 1. The quantitative estimate of drug-likeness (QED) is 0.300. The zero-order valence-corrected chi connectivity index (χ0v) is 19.5. The number of hydrogen-bond acceptors (Lipinski definition) is 2. The van der Waals surface area contributed by atoms with Gasteiger partial charge in [0, 0.05) is 18.3 Å². The lowest BCUT2D eigenvalue weighted by Crippen LogP contribution is -2.05. The van der Waals surface area contributed by atoms with Gasteiger partial charge in [-0.1, -0.05) is 24.3 Å². The molecule has 0 aromatic heterocycles. The topological polar surface area (TPSA) is 52.3 Å². The van der Waals surface area contributed by atoms with Crippen LogP contribution in [0.5, 0.6) is 5.75 Å². The van der Waals surface area contributed by atoms with Gasteiger partial charge in [-0.05, 0) is 103 Å². The van der Waals surface area contributed by atoms with Gasteiger partial charge >= 0.3 is 0 Å². The van der Waals surface area contributed by atoms with Crippen LogP contribution in [0.4, 0.5) is 0 Å². The number of benzene rings is 4. The third kappa shape index (κ3) is 3.48. The van der Waals surface area contributed by atoms with Crippen molar-refractivity contribution < 1.29 is 8.95 Å². The Morgan fingerprint density at radius 3 is 1.93 bits per heavy atom. The lowest BCUT2D eigenvalue weighted by molar-refractivity contribution is 0.417. The Hall–Kier alpha value is -1.23. The third-order valence-corrected chi connectivity index (χ3v) is 6.69. The van der Waals surface area contributed by atoms with Crippen molar-refractivity contribution in [3.8, 4) is 16.9 Å². The molecule has 4 rings (SSSR count). The smallest absolute Gasteiger partial charge is 0.127 e. The van der Waals surface area contributed by atoms with E-state index in [0.717, 1.165) is 45.6 Å². The van der Waals surface area contributed by atoms with Crippen molar-refractivity contribution in [2.24, 2.45) is 5.14 Å². The molecule has 0 saturated carbocycles. The number of halogens is 2. The van der Waals surface area contributed by atoms with E-state index >= 15 is 0 Å². The van der Waals surface area contributed by atoms with Crippen LogP contribution in [-0.4, -0.2) is 11.3 Å². The van der Waals surface area contributed by atoms with E-state index < -0.39 is 11.0 Å². The van der Waals surface area contributed by atoms with Gasteiger partial charge in [0.25, 0.3) is 0 Å². The molecule has 0 saturated heterocycles. The zero-order valence-electron chi connectivity index (χ0n) is 14.3. The first kappa shape index (κ1) is 19.1. The average Bonchev–Trinajstić information content (AvgIpc) is 2.65. The van der Waals surface area contributed by atoms with Gasteiger partial charge in [-0.2, -0.15) is 0 Å². The minimum atomic E-state index is -1.62. The molecule has 0 aliphatic rings. The molecule has 27 heavy (non-hydrogen) atoms. The van der Waals surface area contributed by atoms with E-state index in [-0.39, 0.29) is 0 Å². The molecule has 2 N–H and O–H groups in total. The number of ether oxygens (including phenoxy) is 1. The fourth-order valence-electron chi connectivity index (χ4n) is 3.41. The van der Waals surface area contributed by atoms with Gasteiger partial charge in [-0.25, -0.2) is 9.35 Å². The highest BCUT2D eigenvalue weighted by Gasteiger charge is 2.19. The number of nitrogens with two attached hydrogens (primary N) is 1. The van der Waals surface area contributed by atoms with E-state index in [9.17, 15) is 4.21 Å².